The van der Waals surface area contributed by atoms with Gasteiger partial charge in [-0.25, -0.2) is 0 Å². The Labute approximate surface area is 107 Å². The third kappa shape index (κ3) is 13.8. The monoisotopic (exact) mass is 242 g/mol. The third-order valence-electron chi connectivity index (χ3n) is 2.63. The number of hydrogen-bond donors (Lipinski definition) is 0. The molecule has 0 aliphatic carbocycles. The lowest BCUT2D eigenvalue weighted by Gasteiger charge is -1.98. The van der Waals surface area contributed by atoms with Crippen molar-refractivity contribution in [3.8, 4) is 0 Å². The Morgan fingerprint density at radius 3 is 1.94 bits per heavy atom. The first-order chi connectivity index (χ1) is 7.91. The van der Waals surface area contributed by atoms with E-state index in [2.05, 4.69) is 31.2 Å². The van der Waals surface area contributed by atoms with Gasteiger partial charge in [-0.15, -0.1) is 11.6 Å². The minimum absolute atomic E-state index is 0.724. The van der Waals surface area contributed by atoms with Crippen molar-refractivity contribution < 1.29 is 0 Å². The molecule has 0 spiro atoms. The molecule has 0 atom stereocenters. The smallest absolute Gasteiger partial charge is 0.0258 e. The van der Waals surface area contributed by atoms with Crippen LogP contribution in [-0.2, 0) is 0 Å². The molecule has 16 heavy (non-hydrogen) atoms. The summed E-state index contributed by atoms with van der Waals surface area (Å²) >= 11 is 5.56. The van der Waals surface area contributed by atoms with Gasteiger partial charge < -0.3 is 0 Å². The van der Waals surface area contributed by atoms with Crippen molar-refractivity contribution in [3.63, 3.8) is 0 Å². The number of hydrogen-bond acceptors (Lipinski definition) is 0. The number of halogens is 1. The fourth-order valence-corrected chi connectivity index (χ4v) is 1.76. The van der Waals surface area contributed by atoms with Gasteiger partial charge >= 0.3 is 0 Å². The van der Waals surface area contributed by atoms with Crippen molar-refractivity contribution in [2.75, 3.05) is 5.88 Å². The predicted molar refractivity (Wildman–Crippen MR) is 76.2 cm³/mol. The normalized spacial score (nSPS) is 11.9. The van der Waals surface area contributed by atoms with E-state index in [-0.39, 0.29) is 0 Å². The van der Waals surface area contributed by atoms with Crippen molar-refractivity contribution in [2.24, 2.45) is 0 Å². The van der Waals surface area contributed by atoms with E-state index in [1.165, 1.54) is 51.4 Å². The van der Waals surface area contributed by atoms with Gasteiger partial charge in [0.1, 0.15) is 0 Å². The molecule has 0 aliphatic rings. The fraction of sp³-hybridized carbons (Fsp3) is 0.733. The van der Waals surface area contributed by atoms with Gasteiger partial charge in [-0.1, -0.05) is 69.8 Å². The summed E-state index contributed by atoms with van der Waals surface area (Å²) in [5.41, 5.74) is 0. The summed E-state index contributed by atoms with van der Waals surface area (Å²) in [6.45, 7) is 2.27. The Hall–Kier alpha value is -0.230. The van der Waals surface area contributed by atoms with Gasteiger partial charge in [-0.2, -0.15) is 0 Å². The molecule has 94 valence electrons. The Bertz CT molecular complexity index is 170. The maximum atomic E-state index is 5.56. The van der Waals surface area contributed by atoms with Gasteiger partial charge in [0.25, 0.3) is 0 Å². The SMILES string of the molecule is CCCCCCCCCC=CC=CCCCl. The molecule has 0 nitrogen and oxygen atoms in total. The second kappa shape index (κ2) is 14.8. The Morgan fingerprint density at radius 1 is 0.750 bits per heavy atom. The van der Waals surface area contributed by atoms with Crippen molar-refractivity contribution in [1.29, 1.82) is 0 Å². The standard InChI is InChI=1S/C15H27Cl/c1-2-3-4-5-6-7-8-9-10-11-12-13-14-15-16/h10-13H,2-9,14-15H2,1H3. The zero-order valence-corrected chi connectivity index (χ0v) is 11.5. The maximum absolute atomic E-state index is 5.56. The van der Waals surface area contributed by atoms with Crippen LogP contribution in [0.15, 0.2) is 24.3 Å². The largest absolute Gasteiger partial charge is 0.126 e. The Balaban J connectivity index is 3.08. The average molecular weight is 243 g/mol. The highest BCUT2D eigenvalue weighted by molar-refractivity contribution is 6.17. The zero-order valence-electron chi connectivity index (χ0n) is 10.8. The average Bonchev–Trinajstić information content (AvgIpc) is 2.31. The molecule has 0 aromatic rings. The van der Waals surface area contributed by atoms with Crippen LogP contribution in [0.3, 0.4) is 0 Å². The van der Waals surface area contributed by atoms with Crippen molar-refractivity contribution in [2.45, 2.75) is 64.7 Å². The van der Waals surface area contributed by atoms with E-state index in [0.29, 0.717) is 0 Å². The van der Waals surface area contributed by atoms with Crippen LogP contribution in [-0.4, -0.2) is 5.88 Å². The molecular formula is C15H27Cl. The summed E-state index contributed by atoms with van der Waals surface area (Å²) in [7, 11) is 0. The van der Waals surface area contributed by atoms with Crippen molar-refractivity contribution in [3.05, 3.63) is 24.3 Å². The van der Waals surface area contributed by atoms with Crippen LogP contribution in [0.5, 0.6) is 0 Å². The molecule has 0 amide bonds. The Morgan fingerprint density at radius 2 is 1.31 bits per heavy atom. The van der Waals surface area contributed by atoms with Crippen LogP contribution >= 0.6 is 11.6 Å². The Kier molecular flexibility index (Phi) is 14.6. The van der Waals surface area contributed by atoms with E-state index in [4.69, 9.17) is 11.6 Å². The van der Waals surface area contributed by atoms with Gasteiger partial charge in [0.05, 0.1) is 0 Å². The van der Waals surface area contributed by atoms with Gasteiger partial charge in [0, 0.05) is 5.88 Å². The molecule has 0 N–H and O–H groups in total. The van der Waals surface area contributed by atoms with Gasteiger partial charge in [0.2, 0.25) is 0 Å². The summed E-state index contributed by atoms with van der Waals surface area (Å²) in [4.78, 5) is 0. The second-order valence-corrected chi connectivity index (χ2v) is 4.62. The van der Waals surface area contributed by atoms with Gasteiger partial charge in [-0.3, -0.25) is 0 Å². The highest BCUT2D eigenvalue weighted by Crippen LogP contribution is 2.08. The molecule has 0 heterocycles. The first kappa shape index (κ1) is 15.8. The molecule has 1 heteroatoms. The van der Waals surface area contributed by atoms with Gasteiger partial charge in [0.15, 0.2) is 0 Å². The topological polar surface area (TPSA) is 0 Å². The quantitative estimate of drug-likeness (QED) is 0.242. The molecule has 0 fully saturated rings. The number of alkyl halides is 1. The van der Waals surface area contributed by atoms with E-state index >= 15 is 0 Å². The van der Waals surface area contributed by atoms with E-state index in [1.807, 2.05) is 0 Å². The van der Waals surface area contributed by atoms with Crippen LogP contribution in [0, 0.1) is 0 Å². The lowest BCUT2D eigenvalue weighted by Crippen LogP contribution is -1.78. The van der Waals surface area contributed by atoms with E-state index in [1.54, 1.807) is 0 Å². The first-order valence-corrected chi connectivity index (χ1v) is 7.33. The third-order valence-corrected chi connectivity index (χ3v) is 2.85. The molecule has 0 aliphatic heterocycles. The number of rotatable bonds is 11. The van der Waals surface area contributed by atoms with Gasteiger partial charge in [-0.05, 0) is 19.3 Å². The molecular weight excluding hydrogens is 216 g/mol. The van der Waals surface area contributed by atoms with E-state index in [0.717, 1.165) is 12.3 Å². The summed E-state index contributed by atoms with van der Waals surface area (Å²) in [5.74, 6) is 0.724. The van der Waals surface area contributed by atoms with E-state index < -0.39 is 0 Å². The molecule has 0 saturated carbocycles. The van der Waals surface area contributed by atoms with Crippen LogP contribution in [0.4, 0.5) is 0 Å². The summed E-state index contributed by atoms with van der Waals surface area (Å²) in [6, 6.07) is 0. The molecule has 0 saturated heterocycles. The van der Waals surface area contributed by atoms with Crippen LogP contribution < -0.4 is 0 Å². The zero-order chi connectivity index (χ0) is 11.9. The predicted octanol–water partition coefficient (Wildman–Crippen LogP) is 5.87. The lowest BCUT2D eigenvalue weighted by molar-refractivity contribution is 0.592. The molecule has 0 rings (SSSR count). The van der Waals surface area contributed by atoms with Crippen LogP contribution in [0.1, 0.15) is 64.7 Å². The summed E-state index contributed by atoms with van der Waals surface area (Å²) in [5, 5.41) is 0. The fourth-order valence-electron chi connectivity index (χ4n) is 1.63. The number of allylic oxidation sites excluding steroid dienone is 4. The maximum Gasteiger partial charge on any atom is 0.0258 e. The van der Waals surface area contributed by atoms with Crippen molar-refractivity contribution >= 4 is 11.6 Å². The second-order valence-electron chi connectivity index (χ2n) is 4.24. The summed E-state index contributed by atoms with van der Waals surface area (Å²) < 4.78 is 0. The summed E-state index contributed by atoms with van der Waals surface area (Å²) in [6.07, 6.45) is 20.6. The minimum Gasteiger partial charge on any atom is -0.126 e. The van der Waals surface area contributed by atoms with Crippen LogP contribution in [0.25, 0.3) is 0 Å². The van der Waals surface area contributed by atoms with Crippen LogP contribution in [0.2, 0.25) is 0 Å². The van der Waals surface area contributed by atoms with E-state index in [9.17, 15) is 0 Å². The molecule has 0 aromatic carbocycles. The molecule has 0 unspecified atom stereocenters. The molecule has 0 radical (unpaired) electrons. The first-order valence-electron chi connectivity index (χ1n) is 6.79. The minimum atomic E-state index is 0.724. The number of unbranched alkanes of at least 4 members (excludes halogenated alkanes) is 7. The highest BCUT2D eigenvalue weighted by Gasteiger charge is 1.88. The van der Waals surface area contributed by atoms with Crippen molar-refractivity contribution in [1.82, 2.24) is 0 Å². The lowest BCUT2D eigenvalue weighted by atomic mass is 10.1. The molecule has 0 aromatic heterocycles. The highest BCUT2D eigenvalue weighted by atomic mass is 35.5. The molecule has 0 bridgehead atoms.